The average molecular weight is 308 g/mol. The normalized spacial score (nSPS) is 11.2. The zero-order chi connectivity index (χ0) is 16.6. The molecule has 118 valence electrons. The maximum Gasteiger partial charge on any atom is 0.273 e. The smallest absolute Gasteiger partial charge is 0.273 e. The monoisotopic (exact) mass is 308 g/mol. The molecule has 3 rings (SSSR count). The molecule has 0 spiro atoms. The first-order chi connectivity index (χ1) is 11.0. The number of nitrogens with one attached hydrogen (secondary N) is 1. The van der Waals surface area contributed by atoms with Crippen LogP contribution >= 0.6 is 0 Å². The van der Waals surface area contributed by atoms with E-state index in [4.69, 9.17) is 0 Å². The predicted octanol–water partition coefficient (Wildman–Crippen LogP) is 3.65. The quantitative estimate of drug-likeness (QED) is 0.803. The van der Waals surface area contributed by atoms with Crippen molar-refractivity contribution < 1.29 is 4.79 Å². The van der Waals surface area contributed by atoms with E-state index in [2.05, 4.69) is 29.2 Å². The Kier molecular flexibility index (Phi) is 3.86. The number of aryl methyl sites for hydroxylation is 2. The Hall–Kier alpha value is -2.69. The number of carbonyl (C=O) groups excluding carboxylic acids is 1. The molecule has 1 N–H and O–H groups in total. The van der Waals surface area contributed by atoms with Crippen LogP contribution in [-0.4, -0.2) is 20.7 Å². The van der Waals surface area contributed by atoms with Gasteiger partial charge in [0.05, 0.1) is 11.2 Å². The van der Waals surface area contributed by atoms with Gasteiger partial charge in [0.1, 0.15) is 5.69 Å². The van der Waals surface area contributed by atoms with Crippen LogP contribution in [0, 0.1) is 6.92 Å². The van der Waals surface area contributed by atoms with E-state index in [9.17, 15) is 4.79 Å². The van der Waals surface area contributed by atoms with Crippen LogP contribution in [0.25, 0.3) is 10.9 Å². The summed E-state index contributed by atoms with van der Waals surface area (Å²) in [6.45, 7) is 6.21. The van der Waals surface area contributed by atoms with Crippen molar-refractivity contribution in [3.63, 3.8) is 0 Å². The first-order valence-corrected chi connectivity index (χ1v) is 7.67. The van der Waals surface area contributed by atoms with E-state index in [1.807, 2.05) is 31.2 Å². The zero-order valence-electron chi connectivity index (χ0n) is 13.8. The number of carbonyl (C=O) groups is 1. The van der Waals surface area contributed by atoms with E-state index in [-0.39, 0.29) is 11.8 Å². The lowest BCUT2D eigenvalue weighted by Gasteiger charge is -2.18. The van der Waals surface area contributed by atoms with Crippen molar-refractivity contribution in [1.82, 2.24) is 14.8 Å². The summed E-state index contributed by atoms with van der Waals surface area (Å²) in [5.41, 5.74) is 4.26. The molecule has 23 heavy (non-hydrogen) atoms. The van der Waals surface area contributed by atoms with E-state index >= 15 is 0 Å². The van der Waals surface area contributed by atoms with Crippen LogP contribution in [-0.2, 0) is 7.05 Å². The Bertz CT molecular complexity index is 880. The van der Waals surface area contributed by atoms with Crippen molar-refractivity contribution in [3.05, 3.63) is 53.5 Å². The molecule has 0 aliphatic carbocycles. The average Bonchev–Trinajstić information content (AvgIpc) is 2.93. The van der Waals surface area contributed by atoms with Gasteiger partial charge in [-0.3, -0.25) is 14.5 Å². The Morgan fingerprint density at radius 2 is 1.96 bits per heavy atom. The minimum Gasteiger partial charge on any atom is -0.320 e. The molecule has 0 bridgehead atoms. The molecule has 2 aromatic heterocycles. The molecule has 0 aliphatic heterocycles. The van der Waals surface area contributed by atoms with E-state index < -0.39 is 0 Å². The highest BCUT2D eigenvalue weighted by molar-refractivity contribution is 6.08. The predicted molar refractivity (Wildman–Crippen MR) is 91.7 cm³/mol. The van der Waals surface area contributed by atoms with E-state index in [1.54, 1.807) is 24.0 Å². The first kappa shape index (κ1) is 15.2. The third kappa shape index (κ3) is 2.70. The Morgan fingerprint density at radius 1 is 1.22 bits per heavy atom. The number of anilines is 1. The third-order valence-electron chi connectivity index (χ3n) is 3.99. The van der Waals surface area contributed by atoms with Crippen LogP contribution in [0.5, 0.6) is 0 Å². The molecule has 0 radical (unpaired) electrons. The van der Waals surface area contributed by atoms with Gasteiger partial charge in [0.2, 0.25) is 0 Å². The second-order valence-electron chi connectivity index (χ2n) is 5.95. The van der Waals surface area contributed by atoms with Crippen LogP contribution in [0.15, 0.2) is 36.5 Å². The Balaban J connectivity index is 2.16. The molecular formula is C18H20N4O. The number of fused-ring (bicyclic) bond motifs is 1. The van der Waals surface area contributed by atoms with Gasteiger partial charge in [0, 0.05) is 29.9 Å². The Labute approximate surface area is 135 Å². The second kappa shape index (κ2) is 5.83. The molecule has 0 saturated heterocycles. The summed E-state index contributed by atoms with van der Waals surface area (Å²) in [5, 5.41) is 8.10. The number of pyridine rings is 1. The van der Waals surface area contributed by atoms with E-state index in [0.717, 1.165) is 27.8 Å². The molecule has 0 saturated carbocycles. The minimum absolute atomic E-state index is 0.164. The summed E-state index contributed by atoms with van der Waals surface area (Å²) in [7, 11) is 1.76. The molecular weight excluding hydrogens is 288 g/mol. The summed E-state index contributed by atoms with van der Waals surface area (Å²) >= 11 is 0. The highest BCUT2D eigenvalue weighted by Crippen LogP contribution is 2.33. The summed E-state index contributed by atoms with van der Waals surface area (Å²) in [5.74, 6) is 0.0941. The van der Waals surface area contributed by atoms with E-state index in [1.165, 1.54) is 0 Å². The molecule has 0 fully saturated rings. The summed E-state index contributed by atoms with van der Waals surface area (Å²) in [4.78, 5) is 17.3. The molecule has 5 heteroatoms. The second-order valence-corrected chi connectivity index (χ2v) is 5.95. The van der Waals surface area contributed by atoms with Crippen LogP contribution in [0.2, 0.25) is 0 Å². The molecule has 0 aliphatic rings. The van der Waals surface area contributed by atoms with Crippen LogP contribution in [0.3, 0.4) is 0 Å². The standard InChI is InChI=1S/C18H20N4O/c1-11(2)16-12(3)20-14-8-6-5-7-13(14)17(16)21-18(23)15-9-10-19-22(15)4/h5-11H,1-4H3,(H,20,21,23). The number of amides is 1. The number of aromatic nitrogens is 3. The molecule has 0 atom stereocenters. The lowest BCUT2D eigenvalue weighted by atomic mass is 9.96. The Morgan fingerprint density at radius 3 is 2.61 bits per heavy atom. The number of nitrogens with zero attached hydrogens (tertiary/aromatic N) is 3. The van der Waals surface area contributed by atoms with Gasteiger partial charge in [-0.05, 0) is 25.0 Å². The van der Waals surface area contributed by atoms with Gasteiger partial charge in [-0.15, -0.1) is 0 Å². The molecule has 5 nitrogen and oxygen atoms in total. The minimum atomic E-state index is -0.164. The van der Waals surface area contributed by atoms with Gasteiger partial charge < -0.3 is 5.32 Å². The first-order valence-electron chi connectivity index (χ1n) is 7.67. The number of hydrogen-bond donors (Lipinski definition) is 1. The van der Waals surface area contributed by atoms with Crippen molar-refractivity contribution in [2.45, 2.75) is 26.7 Å². The SMILES string of the molecule is Cc1nc2ccccc2c(NC(=O)c2ccnn2C)c1C(C)C. The van der Waals surface area contributed by atoms with Gasteiger partial charge in [-0.1, -0.05) is 32.0 Å². The van der Waals surface area contributed by atoms with Crippen molar-refractivity contribution in [1.29, 1.82) is 0 Å². The van der Waals surface area contributed by atoms with Crippen LogP contribution < -0.4 is 5.32 Å². The topological polar surface area (TPSA) is 59.8 Å². The third-order valence-corrected chi connectivity index (χ3v) is 3.99. The van der Waals surface area contributed by atoms with Crippen LogP contribution in [0.1, 0.15) is 41.5 Å². The zero-order valence-corrected chi connectivity index (χ0v) is 13.8. The maximum atomic E-state index is 12.6. The van der Waals surface area contributed by atoms with E-state index in [0.29, 0.717) is 5.69 Å². The summed E-state index contributed by atoms with van der Waals surface area (Å²) in [6.07, 6.45) is 1.62. The fourth-order valence-corrected chi connectivity index (χ4v) is 2.96. The summed E-state index contributed by atoms with van der Waals surface area (Å²) in [6, 6.07) is 9.58. The molecule has 0 unspecified atom stereocenters. The van der Waals surface area contributed by atoms with Crippen molar-refractivity contribution in [3.8, 4) is 0 Å². The number of hydrogen-bond acceptors (Lipinski definition) is 3. The van der Waals surface area contributed by atoms with Gasteiger partial charge in [0.15, 0.2) is 0 Å². The van der Waals surface area contributed by atoms with Gasteiger partial charge in [-0.25, -0.2) is 0 Å². The van der Waals surface area contributed by atoms with Crippen molar-refractivity contribution >= 4 is 22.5 Å². The van der Waals surface area contributed by atoms with Crippen molar-refractivity contribution in [2.24, 2.45) is 7.05 Å². The number of benzene rings is 1. The number of para-hydroxylation sites is 1. The van der Waals surface area contributed by atoms with Gasteiger partial charge >= 0.3 is 0 Å². The molecule has 2 heterocycles. The fourth-order valence-electron chi connectivity index (χ4n) is 2.96. The lowest BCUT2D eigenvalue weighted by Crippen LogP contribution is -2.18. The van der Waals surface area contributed by atoms with Crippen LogP contribution in [0.4, 0.5) is 5.69 Å². The largest absolute Gasteiger partial charge is 0.320 e. The summed E-state index contributed by atoms with van der Waals surface area (Å²) < 4.78 is 1.57. The maximum absolute atomic E-state index is 12.6. The van der Waals surface area contributed by atoms with Gasteiger partial charge in [0.25, 0.3) is 5.91 Å². The number of rotatable bonds is 3. The van der Waals surface area contributed by atoms with Gasteiger partial charge in [-0.2, -0.15) is 5.10 Å². The molecule has 3 aromatic rings. The highest BCUT2D eigenvalue weighted by atomic mass is 16.2. The fraction of sp³-hybridized carbons (Fsp3) is 0.278. The molecule has 1 aromatic carbocycles. The van der Waals surface area contributed by atoms with Crippen molar-refractivity contribution in [2.75, 3.05) is 5.32 Å². The molecule has 1 amide bonds. The highest BCUT2D eigenvalue weighted by Gasteiger charge is 2.19. The lowest BCUT2D eigenvalue weighted by molar-refractivity contribution is 0.101.